The summed E-state index contributed by atoms with van der Waals surface area (Å²) in [6, 6.07) is 8.02. The Bertz CT molecular complexity index is 746. The second-order valence-corrected chi connectivity index (χ2v) is 4.99. The topological polar surface area (TPSA) is 68.8 Å². The fourth-order valence-electron chi connectivity index (χ4n) is 2.18. The van der Waals surface area contributed by atoms with Crippen LogP contribution in [-0.2, 0) is 7.05 Å². The zero-order valence-corrected chi connectivity index (χ0v) is 12.2. The summed E-state index contributed by atoms with van der Waals surface area (Å²) in [4.78, 5) is 0. The molecule has 2 aromatic heterocycles. The number of rotatable bonds is 4. The van der Waals surface area contributed by atoms with Gasteiger partial charge in [0.05, 0.1) is 17.8 Å². The molecular formula is C15H17N5O. The molecule has 1 aromatic carbocycles. The van der Waals surface area contributed by atoms with E-state index >= 15 is 0 Å². The molecule has 0 radical (unpaired) electrons. The second kappa shape index (κ2) is 5.40. The number of aryl methyl sites for hydroxylation is 2. The van der Waals surface area contributed by atoms with Crippen LogP contribution in [0.25, 0.3) is 11.5 Å². The summed E-state index contributed by atoms with van der Waals surface area (Å²) in [6.45, 7) is 3.87. The van der Waals surface area contributed by atoms with Crippen molar-refractivity contribution >= 4 is 5.69 Å². The average Bonchev–Trinajstić information content (AvgIpc) is 3.08. The minimum absolute atomic E-state index is 0.129. The van der Waals surface area contributed by atoms with Crippen molar-refractivity contribution in [2.24, 2.45) is 7.05 Å². The normalized spacial score (nSPS) is 12.3. The number of nitrogens with zero attached hydrogens (tertiary/aromatic N) is 4. The number of hydrogen-bond donors (Lipinski definition) is 1. The van der Waals surface area contributed by atoms with Gasteiger partial charge in [0.2, 0.25) is 11.8 Å². The Morgan fingerprint density at radius 3 is 2.71 bits per heavy atom. The van der Waals surface area contributed by atoms with Crippen LogP contribution < -0.4 is 5.32 Å². The van der Waals surface area contributed by atoms with Crippen LogP contribution in [0, 0.1) is 6.92 Å². The molecule has 1 atom stereocenters. The predicted octanol–water partition coefficient (Wildman–Crippen LogP) is 2.95. The first-order valence-corrected chi connectivity index (χ1v) is 6.78. The van der Waals surface area contributed by atoms with Crippen LogP contribution in [0.15, 0.2) is 41.1 Å². The van der Waals surface area contributed by atoms with E-state index < -0.39 is 0 Å². The van der Waals surface area contributed by atoms with Gasteiger partial charge in [0.25, 0.3) is 0 Å². The Labute approximate surface area is 122 Å². The Balaban J connectivity index is 1.89. The minimum Gasteiger partial charge on any atom is -0.421 e. The highest BCUT2D eigenvalue weighted by Gasteiger charge is 2.14. The van der Waals surface area contributed by atoms with E-state index in [-0.39, 0.29) is 6.04 Å². The lowest BCUT2D eigenvalue weighted by Gasteiger charge is -2.15. The smallest absolute Gasteiger partial charge is 0.249 e. The summed E-state index contributed by atoms with van der Waals surface area (Å²) in [7, 11) is 1.91. The zero-order chi connectivity index (χ0) is 14.8. The molecule has 3 rings (SSSR count). The van der Waals surface area contributed by atoms with Crippen LogP contribution in [-0.4, -0.2) is 20.0 Å². The van der Waals surface area contributed by atoms with Crippen molar-refractivity contribution in [1.29, 1.82) is 0 Å². The van der Waals surface area contributed by atoms with Crippen LogP contribution in [0.1, 0.15) is 24.4 Å². The highest BCUT2D eigenvalue weighted by molar-refractivity contribution is 5.72. The van der Waals surface area contributed by atoms with Crippen molar-refractivity contribution in [3.05, 3.63) is 48.1 Å². The fraction of sp³-hybridized carbons (Fsp3) is 0.267. The van der Waals surface area contributed by atoms with Gasteiger partial charge in [0.1, 0.15) is 0 Å². The molecule has 0 bridgehead atoms. The molecule has 6 heteroatoms. The van der Waals surface area contributed by atoms with E-state index in [2.05, 4.69) is 27.5 Å². The maximum absolute atomic E-state index is 5.52. The van der Waals surface area contributed by atoms with Crippen LogP contribution in [0.3, 0.4) is 0 Å². The molecule has 21 heavy (non-hydrogen) atoms. The summed E-state index contributed by atoms with van der Waals surface area (Å²) < 4.78 is 7.32. The molecule has 1 unspecified atom stereocenters. The van der Waals surface area contributed by atoms with Crippen molar-refractivity contribution in [3.8, 4) is 11.5 Å². The lowest BCUT2D eigenvalue weighted by molar-refractivity contribution is 0.533. The van der Waals surface area contributed by atoms with Crippen LogP contribution in [0.5, 0.6) is 0 Å². The first-order chi connectivity index (χ1) is 10.1. The van der Waals surface area contributed by atoms with Gasteiger partial charge in [-0.15, -0.1) is 10.2 Å². The van der Waals surface area contributed by atoms with Gasteiger partial charge in [-0.05, 0) is 19.1 Å². The number of para-hydroxylation sites is 1. The standard InChI is InChI=1S/C15H17N5O/c1-10(12-8-16-20(3)9-12)17-14-7-5-4-6-13(14)15-19-18-11(2)21-15/h4-10,17H,1-3H3. The minimum atomic E-state index is 0.129. The third-order valence-electron chi connectivity index (χ3n) is 3.28. The number of nitrogens with one attached hydrogen (secondary N) is 1. The molecular weight excluding hydrogens is 266 g/mol. The van der Waals surface area contributed by atoms with Gasteiger partial charge in [0, 0.05) is 31.4 Å². The van der Waals surface area contributed by atoms with Crippen molar-refractivity contribution in [3.63, 3.8) is 0 Å². The molecule has 1 N–H and O–H groups in total. The fourth-order valence-corrected chi connectivity index (χ4v) is 2.18. The van der Waals surface area contributed by atoms with E-state index in [1.807, 2.05) is 43.7 Å². The van der Waals surface area contributed by atoms with Gasteiger partial charge in [-0.2, -0.15) is 5.10 Å². The number of benzene rings is 1. The quantitative estimate of drug-likeness (QED) is 0.797. The summed E-state index contributed by atoms with van der Waals surface area (Å²) in [5.41, 5.74) is 2.97. The maximum Gasteiger partial charge on any atom is 0.249 e. The highest BCUT2D eigenvalue weighted by Crippen LogP contribution is 2.29. The lowest BCUT2D eigenvalue weighted by Crippen LogP contribution is -2.06. The monoisotopic (exact) mass is 283 g/mol. The summed E-state index contributed by atoms with van der Waals surface area (Å²) in [5.74, 6) is 1.08. The number of hydrogen-bond acceptors (Lipinski definition) is 5. The summed E-state index contributed by atoms with van der Waals surface area (Å²) in [5, 5.41) is 15.6. The Morgan fingerprint density at radius 2 is 2.05 bits per heavy atom. The zero-order valence-electron chi connectivity index (χ0n) is 12.2. The molecule has 2 heterocycles. The molecule has 0 saturated carbocycles. The van der Waals surface area contributed by atoms with Gasteiger partial charge < -0.3 is 9.73 Å². The van der Waals surface area contributed by atoms with Crippen LogP contribution >= 0.6 is 0 Å². The van der Waals surface area contributed by atoms with Gasteiger partial charge >= 0.3 is 0 Å². The van der Waals surface area contributed by atoms with Crippen LogP contribution in [0.4, 0.5) is 5.69 Å². The summed E-state index contributed by atoms with van der Waals surface area (Å²) in [6.07, 6.45) is 3.86. The van der Waals surface area contributed by atoms with Gasteiger partial charge in [-0.1, -0.05) is 12.1 Å². The van der Waals surface area contributed by atoms with Crippen molar-refractivity contribution in [2.75, 3.05) is 5.32 Å². The molecule has 0 amide bonds. The van der Waals surface area contributed by atoms with Crippen molar-refractivity contribution < 1.29 is 4.42 Å². The number of anilines is 1. The largest absolute Gasteiger partial charge is 0.421 e. The van der Waals surface area contributed by atoms with Gasteiger partial charge in [-0.3, -0.25) is 4.68 Å². The number of aromatic nitrogens is 4. The Morgan fingerprint density at radius 1 is 1.24 bits per heavy atom. The maximum atomic E-state index is 5.52. The highest BCUT2D eigenvalue weighted by atomic mass is 16.4. The first-order valence-electron chi connectivity index (χ1n) is 6.78. The molecule has 0 aliphatic rings. The van der Waals surface area contributed by atoms with Gasteiger partial charge in [-0.25, -0.2) is 0 Å². The molecule has 0 aliphatic carbocycles. The third kappa shape index (κ3) is 2.79. The molecule has 0 aliphatic heterocycles. The first kappa shape index (κ1) is 13.4. The third-order valence-corrected chi connectivity index (χ3v) is 3.28. The van der Waals surface area contributed by atoms with Gasteiger partial charge in [0.15, 0.2) is 0 Å². The van der Waals surface area contributed by atoms with E-state index in [9.17, 15) is 0 Å². The van der Waals surface area contributed by atoms with E-state index in [1.165, 1.54) is 0 Å². The lowest BCUT2D eigenvalue weighted by atomic mass is 10.1. The van der Waals surface area contributed by atoms with Crippen LogP contribution in [0.2, 0.25) is 0 Å². The molecule has 6 nitrogen and oxygen atoms in total. The predicted molar refractivity (Wildman–Crippen MR) is 79.7 cm³/mol. The van der Waals surface area contributed by atoms with E-state index in [1.54, 1.807) is 11.6 Å². The molecule has 108 valence electrons. The Kier molecular flexibility index (Phi) is 3.43. The van der Waals surface area contributed by atoms with Crippen molar-refractivity contribution in [1.82, 2.24) is 20.0 Å². The van der Waals surface area contributed by atoms with E-state index in [0.29, 0.717) is 11.8 Å². The second-order valence-electron chi connectivity index (χ2n) is 4.99. The van der Waals surface area contributed by atoms with E-state index in [0.717, 1.165) is 16.8 Å². The SMILES string of the molecule is Cc1nnc(-c2ccccc2NC(C)c2cnn(C)c2)o1. The van der Waals surface area contributed by atoms with E-state index in [4.69, 9.17) is 4.42 Å². The molecule has 0 saturated heterocycles. The Hall–Kier alpha value is -2.63. The molecule has 3 aromatic rings. The molecule has 0 fully saturated rings. The van der Waals surface area contributed by atoms with Crippen molar-refractivity contribution in [2.45, 2.75) is 19.9 Å². The average molecular weight is 283 g/mol. The summed E-state index contributed by atoms with van der Waals surface area (Å²) >= 11 is 0. The molecule has 0 spiro atoms.